The molecule has 2 heterocycles. The number of hydrogen-bond donors (Lipinski definition) is 3. The predicted molar refractivity (Wildman–Crippen MR) is 193 cm³/mol. The number of anilines is 4. The van der Waals surface area contributed by atoms with E-state index in [-0.39, 0.29) is 155 Å². The van der Waals surface area contributed by atoms with Crippen molar-refractivity contribution in [2.45, 2.75) is 52.9 Å². The van der Waals surface area contributed by atoms with Crippen LogP contribution in [0.4, 0.5) is 34.8 Å². The Morgan fingerprint density at radius 3 is 2.18 bits per heavy atom. The number of nitrogens with one attached hydrogen (secondary N) is 3. The standard InChI is InChI=1S/C29H42N12O10S3.3Na/c1-6-40(13-7-8-15-53(44,45)46)20-9-10-22(23(17-20)33-19(2)42)37-38-25-21(18-30)24(29(3,4)5)39-41(25)28-35-26(31-11-14-52-51-50-43)34-27(36-28)32-12-16-54(47,48)49;;;/h9-10,17,43H,6-8,11-16H2,1-5H3,(H,33,42)(H,44,45,46)(H,47,48,49)(H2,31,32,34,35,36);;;/q;3*+1/p-3. The minimum Gasteiger partial charge on any atom is -0.748 e. The number of hydrogen-bond acceptors (Lipinski definition) is 21. The van der Waals surface area contributed by atoms with Gasteiger partial charge >= 0.3 is 88.7 Å². The third kappa shape index (κ3) is 19.1. The molecule has 3 rings (SSSR count). The number of nitriles is 1. The van der Waals surface area contributed by atoms with Crippen LogP contribution in [-0.4, -0.2) is 100 Å². The number of carbonyl (C=O) groups excluding carboxylic acids is 1. The van der Waals surface area contributed by atoms with Gasteiger partial charge in [-0.2, -0.15) is 34.3 Å². The largest absolute Gasteiger partial charge is 1.00 e. The second-order valence-corrected chi connectivity index (χ2v) is 16.1. The summed E-state index contributed by atoms with van der Waals surface area (Å²) in [4.78, 5) is 27.0. The maximum absolute atomic E-state index is 12.2. The van der Waals surface area contributed by atoms with Gasteiger partial charge < -0.3 is 35.2 Å². The molecule has 0 aliphatic carbocycles. The molecule has 3 N–H and O–H groups in total. The van der Waals surface area contributed by atoms with Crippen molar-refractivity contribution < 1.29 is 134 Å². The normalized spacial score (nSPS) is 11.5. The number of aromatic nitrogens is 5. The Morgan fingerprint density at radius 1 is 1.00 bits per heavy atom. The first-order valence-corrected chi connectivity index (χ1v) is 20.2. The molecule has 0 saturated heterocycles. The second kappa shape index (κ2) is 25.9. The molecule has 0 spiro atoms. The summed E-state index contributed by atoms with van der Waals surface area (Å²) in [6, 6.07) is 7.07. The number of nitrogens with zero attached hydrogens (tertiary/aromatic N) is 9. The molecule has 0 aliphatic heterocycles. The van der Waals surface area contributed by atoms with E-state index in [2.05, 4.69) is 61.7 Å². The number of amides is 1. The van der Waals surface area contributed by atoms with Crippen LogP contribution in [0.25, 0.3) is 5.95 Å². The third-order valence-electron chi connectivity index (χ3n) is 7.04. The molecule has 1 amide bonds. The van der Waals surface area contributed by atoms with Crippen LogP contribution in [-0.2, 0) is 39.8 Å². The van der Waals surface area contributed by atoms with Crippen LogP contribution in [0, 0.1) is 11.3 Å². The molecule has 0 unspecified atom stereocenters. The van der Waals surface area contributed by atoms with Crippen molar-refractivity contribution in [3.63, 3.8) is 0 Å². The SMILES string of the molecule is CCN(CCCCS(=O)(=O)[O-])c1ccc(N=Nc2c(C#N)c(C(C)(C)C)nn2-c2nc(NCCSOO[O-])nc(NCCS(=O)(=O)[O-])n2)c(NC(C)=O)c1.[Na+].[Na+].[Na+]. The Morgan fingerprint density at radius 2 is 1.63 bits per heavy atom. The summed E-state index contributed by atoms with van der Waals surface area (Å²) >= 11 is 0.699. The molecule has 2 aromatic heterocycles. The second-order valence-electron chi connectivity index (χ2n) is 12.3. The average molecular weight is 881 g/mol. The molecule has 0 radical (unpaired) electrons. The Bertz CT molecular complexity index is 2070. The summed E-state index contributed by atoms with van der Waals surface area (Å²) < 4.78 is 72.0. The first-order valence-electron chi connectivity index (χ1n) is 16.2. The molecule has 3 aromatic rings. The Labute approximate surface area is 401 Å². The summed E-state index contributed by atoms with van der Waals surface area (Å²) in [7, 11) is -8.91. The maximum Gasteiger partial charge on any atom is 1.00 e. The van der Waals surface area contributed by atoms with E-state index in [1.165, 1.54) is 6.92 Å². The topological polar surface area (TPSA) is 317 Å². The Kier molecular flexibility index (Phi) is 25.2. The fraction of sp³-hybridized carbons (Fsp3) is 0.517. The maximum atomic E-state index is 12.2. The summed E-state index contributed by atoms with van der Waals surface area (Å²) in [5.74, 6) is -1.96. The van der Waals surface area contributed by atoms with Crippen LogP contribution in [0.15, 0.2) is 28.4 Å². The third-order valence-corrected chi connectivity index (χ3v) is 9.05. The summed E-state index contributed by atoms with van der Waals surface area (Å²) in [5, 5.41) is 45.3. The number of unbranched alkanes of at least 4 members (excludes halogenated alkanes) is 1. The summed E-state index contributed by atoms with van der Waals surface area (Å²) in [5.41, 5.74) is 0.743. The summed E-state index contributed by atoms with van der Waals surface area (Å²) in [6.45, 7) is 9.40. The van der Waals surface area contributed by atoms with E-state index < -0.39 is 43.1 Å². The molecule has 0 fully saturated rings. The number of benzene rings is 1. The zero-order valence-corrected chi connectivity index (χ0v) is 41.4. The van der Waals surface area contributed by atoms with Crippen molar-refractivity contribution in [3.8, 4) is 12.0 Å². The van der Waals surface area contributed by atoms with Gasteiger partial charge in [0.2, 0.25) is 17.8 Å². The van der Waals surface area contributed by atoms with Gasteiger partial charge in [0, 0.05) is 67.8 Å². The van der Waals surface area contributed by atoms with Crippen LogP contribution >= 0.6 is 12.0 Å². The monoisotopic (exact) mass is 880 g/mol. The minimum atomic E-state index is -4.58. The van der Waals surface area contributed by atoms with E-state index in [0.717, 1.165) is 4.68 Å². The quantitative estimate of drug-likeness (QED) is 0.0170. The van der Waals surface area contributed by atoms with Gasteiger partial charge in [0.05, 0.1) is 37.4 Å². The van der Waals surface area contributed by atoms with E-state index >= 15 is 0 Å². The number of carbonyl (C=O) groups is 1. The predicted octanol–water partition coefficient (Wildman–Crippen LogP) is -7.00. The van der Waals surface area contributed by atoms with Crippen LogP contribution in [0.1, 0.15) is 58.7 Å². The van der Waals surface area contributed by atoms with Gasteiger partial charge in [0.15, 0.2) is 5.82 Å². The van der Waals surface area contributed by atoms with Crippen LogP contribution in [0.2, 0.25) is 0 Å². The first kappa shape index (κ1) is 55.5. The molecule has 1 aromatic carbocycles. The molecule has 22 nitrogen and oxygen atoms in total. The number of azo groups is 1. The molecule has 0 saturated carbocycles. The molecule has 28 heteroatoms. The summed E-state index contributed by atoms with van der Waals surface area (Å²) in [6.07, 6.45) is 0.610. The van der Waals surface area contributed by atoms with Gasteiger partial charge in [-0.3, -0.25) is 9.83 Å². The molecule has 296 valence electrons. The molecule has 0 bridgehead atoms. The van der Waals surface area contributed by atoms with Crippen molar-refractivity contribution in [3.05, 3.63) is 29.5 Å². The smallest absolute Gasteiger partial charge is 0.748 e. The fourth-order valence-electron chi connectivity index (χ4n) is 4.68. The first-order chi connectivity index (χ1) is 25.3. The number of rotatable bonds is 21. The van der Waals surface area contributed by atoms with Gasteiger partial charge in [0.1, 0.15) is 17.3 Å². The van der Waals surface area contributed by atoms with Crippen molar-refractivity contribution in [1.82, 2.24) is 24.7 Å². The van der Waals surface area contributed by atoms with Crippen LogP contribution in [0.3, 0.4) is 0 Å². The van der Waals surface area contributed by atoms with Crippen molar-refractivity contribution in [2.75, 3.05) is 64.3 Å². The van der Waals surface area contributed by atoms with Crippen molar-refractivity contribution in [1.29, 1.82) is 5.26 Å². The average Bonchev–Trinajstić information content (AvgIpc) is 3.46. The van der Waals surface area contributed by atoms with E-state index in [1.807, 2.05) is 32.6 Å². The minimum absolute atomic E-state index is 0. The van der Waals surface area contributed by atoms with E-state index in [4.69, 9.17) is 0 Å². The van der Waals surface area contributed by atoms with Gasteiger partial charge in [-0.25, -0.2) is 16.8 Å². The van der Waals surface area contributed by atoms with Gasteiger partial charge in [0.25, 0.3) is 5.95 Å². The molecule has 0 atom stereocenters. The van der Waals surface area contributed by atoms with Gasteiger partial charge in [-0.1, -0.05) is 20.8 Å². The molecule has 57 heavy (non-hydrogen) atoms. The Balaban J connectivity index is 0.0000105. The van der Waals surface area contributed by atoms with Gasteiger partial charge in [-0.05, 0) is 38.0 Å². The molecular formula is C29H39N12Na3O10S3. The van der Waals surface area contributed by atoms with Gasteiger partial charge in [-0.15, -0.1) is 10.2 Å². The van der Waals surface area contributed by atoms with E-state index in [9.17, 15) is 41.3 Å². The van der Waals surface area contributed by atoms with Crippen LogP contribution in [0.5, 0.6) is 0 Å². The molecular weight excluding hydrogens is 842 g/mol. The van der Waals surface area contributed by atoms with E-state index in [1.54, 1.807) is 18.2 Å². The van der Waals surface area contributed by atoms with Crippen molar-refractivity contribution >= 4 is 73.0 Å². The Hall–Kier alpha value is -1.55. The fourth-order valence-corrected chi connectivity index (χ4v) is 5.89. The van der Waals surface area contributed by atoms with E-state index in [0.29, 0.717) is 42.9 Å². The molecule has 0 aliphatic rings. The zero-order valence-electron chi connectivity index (χ0n) is 32.9. The van der Waals surface area contributed by atoms with Crippen LogP contribution < -0.4 is 115 Å². The zero-order chi connectivity index (χ0) is 40.1. The van der Waals surface area contributed by atoms with Crippen molar-refractivity contribution in [2.24, 2.45) is 10.2 Å².